The van der Waals surface area contributed by atoms with Crippen LogP contribution in [0, 0.1) is 5.41 Å². The van der Waals surface area contributed by atoms with E-state index in [9.17, 15) is 4.79 Å². The molecule has 0 unspecified atom stereocenters. The fraction of sp³-hybridized carbons (Fsp3) is 0.368. The van der Waals surface area contributed by atoms with E-state index in [4.69, 9.17) is 11.6 Å². The molecule has 2 heterocycles. The number of nitrogens with zero attached hydrogens (tertiary/aromatic N) is 2. The van der Waals surface area contributed by atoms with Gasteiger partial charge >= 0.3 is 0 Å². The highest BCUT2D eigenvalue weighted by Crippen LogP contribution is 2.30. The molecule has 0 atom stereocenters. The maximum atomic E-state index is 12.8. The zero-order chi connectivity index (χ0) is 16.4. The maximum absolute atomic E-state index is 12.8. The van der Waals surface area contributed by atoms with Crippen molar-refractivity contribution in [2.45, 2.75) is 26.7 Å². The molecule has 120 valence electrons. The van der Waals surface area contributed by atoms with Crippen LogP contribution in [0.25, 0.3) is 11.3 Å². The molecule has 0 radical (unpaired) electrons. The van der Waals surface area contributed by atoms with Crippen LogP contribution >= 0.6 is 11.6 Å². The number of piperidine rings is 1. The number of aromatic nitrogens is 1. The molecule has 1 aliphatic heterocycles. The van der Waals surface area contributed by atoms with E-state index in [0.717, 1.165) is 37.2 Å². The number of benzene rings is 1. The lowest BCUT2D eigenvalue weighted by Crippen LogP contribution is -2.43. The number of hydrogen-bond acceptors (Lipinski definition) is 2. The zero-order valence-electron chi connectivity index (χ0n) is 13.6. The minimum absolute atomic E-state index is 0.00618. The average Bonchev–Trinajstić information content (AvgIpc) is 2.54. The topological polar surface area (TPSA) is 33.2 Å². The third-order valence-corrected chi connectivity index (χ3v) is 4.64. The van der Waals surface area contributed by atoms with Gasteiger partial charge in [-0.1, -0.05) is 49.7 Å². The summed E-state index contributed by atoms with van der Waals surface area (Å²) >= 11 is 6.24. The Labute approximate surface area is 142 Å². The monoisotopic (exact) mass is 328 g/mol. The molecule has 1 aliphatic rings. The molecular weight excluding hydrogens is 308 g/mol. The van der Waals surface area contributed by atoms with Gasteiger partial charge in [0.1, 0.15) is 5.69 Å². The molecule has 3 nitrogen and oxygen atoms in total. The lowest BCUT2D eigenvalue weighted by molar-refractivity contribution is 0.0578. The van der Waals surface area contributed by atoms with Crippen molar-refractivity contribution in [1.29, 1.82) is 0 Å². The molecule has 3 rings (SSSR count). The molecule has 23 heavy (non-hydrogen) atoms. The number of likely N-dealkylation sites (tertiary alicyclic amines) is 1. The van der Waals surface area contributed by atoms with E-state index in [1.807, 2.05) is 41.3 Å². The number of halogens is 1. The molecule has 1 fully saturated rings. The summed E-state index contributed by atoms with van der Waals surface area (Å²) in [5.41, 5.74) is 2.24. The van der Waals surface area contributed by atoms with Crippen LogP contribution in [0.5, 0.6) is 0 Å². The van der Waals surface area contributed by atoms with Crippen molar-refractivity contribution in [2.75, 3.05) is 13.1 Å². The summed E-state index contributed by atoms with van der Waals surface area (Å²) in [6.45, 7) is 6.00. The summed E-state index contributed by atoms with van der Waals surface area (Å²) in [6.07, 6.45) is 2.20. The van der Waals surface area contributed by atoms with Crippen molar-refractivity contribution in [3.8, 4) is 11.3 Å². The first-order chi connectivity index (χ1) is 11.0. The van der Waals surface area contributed by atoms with Crippen molar-refractivity contribution in [3.63, 3.8) is 0 Å². The average molecular weight is 329 g/mol. The van der Waals surface area contributed by atoms with Crippen LogP contribution in [0.3, 0.4) is 0 Å². The lowest BCUT2D eigenvalue weighted by Gasteiger charge is -2.37. The van der Waals surface area contributed by atoms with Crippen LogP contribution in [-0.2, 0) is 0 Å². The fourth-order valence-electron chi connectivity index (χ4n) is 3.13. The van der Waals surface area contributed by atoms with E-state index in [1.165, 1.54) is 0 Å². The van der Waals surface area contributed by atoms with Gasteiger partial charge in [-0.05, 0) is 36.5 Å². The largest absolute Gasteiger partial charge is 0.337 e. The predicted octanol–water partition coefficient (Wildman–Crippen LogP) is 4.66. The van der Waals surface area contributed by atoms with Crippen molar-refractivity contribution < 1.29 is 4.79 Å². The van der Waals surface area contributed by atoms with E-state index in [1.54, 1.807) is 6.07 Å². The van der Waals surface area contributed by atoms with Gasteiger partial charge in [0, 0.05) is 23.7 Å². The molecule has 2 aromatic rings. The minimum Gasteiger partial charge on any atom is -0.337 e. The normalized spacial score (nSPS) is 17.1. The van der Waals surface area contributed by atoms with Gasteiger partial charge in [0.25, 0.3) is 5.91 Å². The van der Waals surface area contributed by atoms with Gasteiger partial charge in [-0.2, -0.15) is 0 Å². The van der Waals surface area contributed by atoms with E-state index in [-0.39, 0.29) is 11.3 Å². The fourth-order valence-corrected chi connectivity index (χ4v) is 3.36. The first-order valence-electron chi connectivity index (χ1n) is 7.97. The van der Waals surface area contributed by atoms with Crippen molar-refractivity contribution >= 4 is 17.5 Å². The minimum atomic E-state index is 0.00618. The van der Waals surface area contributed by atoms with Gasteiger partial charge < -0.3 is 4.90 Å². The Balaban J connectivity index is 1.88. The van der Waals surface area contributed by atoms with Crippen molar-refractivity contribution in [1.82, 2.24) is 9.88 Å². The highest BCUT2D eigenvalue weighted by Gasteiger charge is 2.30. The van der Waals surface area contributed by atoms with Gasteiger partial charge in [0.2, 0.25) is 0 Å². The number of hydrogen-bond donors (Lipinski definition) is 0. The smallest absolute Gasteiger partial charge is 0.272 e. The second kappa shape index (κ2) is 6.32. The first kappa shape index (κ1) is 16.0. The third-order valence-electron chi connectivity index (χ3n) is 4.31. The van der Waals surface area contributed by atoms with Gasteiger partial charge in [-0.3, -0.25) is 4.79 Å². The molecule has 0 N–H and O–H groups in total. The number of carbonyl (C=O) groups is 1. The zero-order valence-corrected chi connectivity index (χ0v) is 14.3. The van der Waals surface area contributed by atoms with Gasteiger partial charge in [-0.15, -0.1) is 0 Å². The number of carbonyl (C=O) groups excluding carboxylic acids is 1. The summed E-state index contributed by atoms with van der Waals surface area (Å²) in [5.74, 6) is 0.00618. The van der Waals surface area contributed by atoms with Gasteiger partial charge in [0.05, 0.1) is 5.69 Å². The molecule has 1 aromatic carbocycles. The molecule has 0 spiro atoms. The standard InChI is InChI=1S/C19H21ClN2O/c1-19(2)11-6-12-22(13-19)18(23)17-10-5-9-16(21-17)14-7-3-4-8-15(14)20/h3-5,7-10H,6,11-13H2,1-2H3. The maximum Gasteiger partial charge on any atom is 0.272 e. The summed E-state index contributed by atoms with van der Waals surface area (Å²) in [6, 6.07) is 13.1. The Morgan fingerprint density at radius 1 is 1.17 bits per heavy atom. The highest BCUT2D eigenvalue weighted by atomic mass is 35.5. The van der Waals surface area contributed by atoms with Crippen LogP contribution < -0.4 is 0 Å². The molecular formula is C19H21ClN2O. The van der Waals surface area contributed by atoms with Crippen molar-refractivity contribution in [2.24, 2.45) is 5.41 Å². The number of pyridine rings is 1. The number of rotatable bonds is 2. The Morgan fingerprint density at radius 2 is 1.96 bits per heavy atom. The molecule has 0 saturated carbocycles. The Kier molecular flexibility index (Phi) is 4.40. The summed E-state index contributed by atoms with van der Waals surface area (Å²) in [5, 5.41) is 0.642. The molecule has 1 amide bonds. The lowest BCUT2D eigenvalue weighted by atomic mass is 9.84. The van der Waals surface area contributed by atoms with Crippen LogP contribution in [0.4, 0.5) is 0 Å². The van der Waals surface area contributed by atoms with E-state index >= 15 is 0 Å². The van der Waals surface area contributed by atoms with Gasteiger partial charge in [0.15, 0.2) is 0 Å². The van der Waals surface area contributed by atoms with Crippen molar-refractivity contribution in [3.05, 3.63) is 53.2 Å². The van der Waals surface area contributed by atoms with Crippen LogP contribution in [-0.4, -0.2) is 28.9 Å². The predicted molar refractivity (Wildman–Crippen MR) is 93.6 cm³/mol. The Bertz CT molecular complexity index is 727. The highest BCUT2D eigenvalue weighted by molar-refractivity contribution is 6.33. The molecule has 0 aliphatic carbocycles. The van der Waals surface area contributed by atoms with Crippen LogP contribution in [0.1, 0.15) is 37.2 Å². The number of amides is 1. The first-order valence-corrected chi connectivity index (χ1v) is 8.35. The Morgan fingerprint density at radius 3 is 2.70 bits per heavy atom. The third kappa shape index (κ3) is 3.56. The molecule has 1 saturated heterocycles. The quantitative estimate of drug-likeness (QED) is 0.803. The van der Waals surface area contributed by atoms with Gasteiger partial charge in [-0.25, -0.2) is 4.98 Å². The SMILES string of the molecule is CC1(C)CCCN(C(=O)c2cccc(-c3ccccc3Cl)n2)C1. The second-order valence-corrected chi connectivity index (χ2v) is 7.29. The van der Waals surface area contributed by atoms with Crippen LogP contribution in [0.15, 0.2) is 42.5 Å². The molecule has 0 bridgehead atoms. The molecule has 1 aromatic heterocycles. The summed E-state index contributed by atoms with van der Waals surface area (Å²) < 4.78 is 0. The van der Waals surface area contributed by atoms with Crippen LogP contribution in [0.2, 0.25) is 5.02 Å². The van der Waals surface area contributed by atoms with E-state index < -0.39 is 0 Å². The van der Waals surface area contributed by atoms with E-state index in [0.29, 0.717) is 10.7 Å². The Hall–Kier alpha value is -1.87. The summed E-state index contributed by atoms with van der Waals surface area (Å²) in [7, 11) is 0. The second-order valence-electron chi connectivity index (χ2n) is 6.88. The summed E-state index contributed by atoms with van der Waals surface area (Å²) in [4.78, 5) is 19.3. The van der Waals surface area contributed by atoms with E-state index in [2.05, 4.69) is 18.8 Å². The molecule has 4 heteroatoms.